The smallest absolute Gasteiger partial charge is 0.266 e. The van der Waals surface area contributed by atoms with Crippen molar-refractivity contribution in [1.29, 1.82) is 5.26 Å². The van der Waals surface area contributed by atoms with E-state index in [1.54, 1.807) is 36.4 Å². The van der Waals surface area contributed by atoms with Crippen molar-refractivity contribution in [3.05, 3.63) is 90.0 Å². The van der Waals surface area contributed by atoms with Gasteiger partial charge in [-0.05, 0) is 54.1 Å². The molecule has 2 aliphatic rings. The number of para-hydroxylation sites is 1. The number of imide groups is 1. The summed E-state index contributed by atoms with van der Waals surface area (Å²) in [6.07, 6.45) is -0.939. The van der Waals surface area contributed by atoms with Gasteiger partial charge in [0.2, 0.25) is 5.91 Å². The predicted octanol–water partition coefficient (Wildman–Crippen LogP) is 3.62. The van der Waals surface area contributed by atoms with Gasteiger partial charge in [-0.25, -0.2) is 9.96 Å². The highest BCUT2D eigenvalue weighted by molar-refractivity contribution is 6.23. The zero-order valence-electron chi connectivity index (χ0n) is 17.2. The van der Waals surface area contributed by atoms with E-state index in [-0.39, 0.29) is 5.91 Å². The van der Waals surface area contributed by atoms with Gasteiger partial charge in [-0.2, -0.15) is 5.26 Å². The number of nitriles is 1. The third-order valence-corrected chi connectivity index (χ3v) is 5.84. The van der Waals surface area contributed by atoms with Gasteiger partial charge in [0.15, 0.2) is 6.10 Å². The number of carbonyl (C=O) groups is 2. The first-order valence-corrected chi connectivity index (χ1v) is 10.2. The van der Waals surface area contributed by atoms with Crippen molar-refractivity contribution in [3.63, 3.8) is 0 Å². The maximum absolute atomic E-state index is 13.5. The summed E-state index contributed by atoms with van der Waals surface area (Å²) in [4.78, 5) is 34.1. The van der Waals surface area contributed by atoms with Crippen LogP contribution in [0.4, 0.5) is 11.4 Å². The summed E-state index contributed by atoms with van der Waals surface area (Å²) in [5, 5.41) is 10.7. The number of rotatable bonds is 4. The second-order valence-corrected chi connectivity index (χ2v) is 7.60. The number of hydrogen-bond donors (Lipinski definition) is 0. The van der Waals surface area contributed by atoms with E-state index < -0.39 is 24.0 Å². The van der Waals surface area contributed by atoms with Crippen LogP contribution < -0.4 is 14.7 Å². The summed E-state index contributed by atoms with van der Waals surface area (Å²) >= 11 is 0. The molecule has 0 bridgehead atoms. The van der Waals surface area contributed by atoms with Gasteiger partial charge in [-0.1, -0.05) is 30.3 Å². The molecule has 0 aromatic heterocycles. The Balaban J connectivity index is 1.56. The van der Waals surface area contributed by atoms with Crippen LogP contribution in [-0.2, 0) is 14.4 Å². The Morgan fingerprint density at radius 1 is 0.875 bits per heavy atom. The van der Waals surface area contributed by atoms with Crippen LogP contribution >= 0.6 is 0 Å². The molecule has 0 N–H and O–H groups in total. The van der Waals surface area contributed by atoms with E-state index in [4.69, 9.17) is 14.8 Å². The normalized spacial score (nSPS) is 22.1. The van der Waals surface area contributed by atoms with Crippen LogP contribution in [0.1, 0.15) is 17.2 Å². The number of nitrogens with zero attached hydrogens (tertiary/aromatic N) is 3. The first-order valence-electron chi connectivity index (χ1n) is 10.2. The van der Waals surface area contributed by atoms with Crippen molar-refractivity contribution >= 4 is 23.2 Å². The largest absolute Gasteiger partial charge is 0.497 e. The van der Waals surface area contributed by atoms with Crippen molar-refractivity contribution in [2.24, 2.45) is 5.92 Å². The van der Waals surface area contributed by atoms with Crippen molar-refractivity contribution in [2.75, 3.05) is 17.1 Å². The topological polar surface area (TPSA) is 82.9 Å². The quantitative estimate of drug-likeness (QED) is 0.594. The second-order valence-electron chi connectivity index (χ2n) is 7.60. The van der Waals surface area contributed by atoms with Crippen LogP contribution in [0.2, 0.25) is 0 Å². The highest BCUT2D eigenvalue weighted by Gasteiger charge is 2.60. The summed E-state index contributed by atoms with van der Waals surface area (Å²) in [7, 11) is 1.59. The minimum Gasteiger partial charge on any atom is -0.497 e. The standard InChI is InChI=1S/C25H19N3O4/c1-31-20-13-9-17(10-14-20)22-21-23(32-28(22)19-5-3-2-4-6-19)25(30)27(24(21)29)18-11-7-16(15-26)8-12-18/h2-14,21-23H,1H3. The Hall–Kier alpha value is -4.15. The highest BCUT2D eigenvalue weighted by Crippen LogP contribution is 2.47. The molecule has 2 aliphatic heterocycles. The molecule has 0 spiro atoms. The van der Waals surface area contributed by atoms with Gasteiger partial charge < -0.3 is 4.74 Å². The van der Waals surface area contributed by atoms with Crippen molar-refractivity contribution < 1.29 is 19.2 Å². The lowest BCUT2D eigenvalue weighted by molar-refractivity contribution is -0.126. The molecule has 0 saturated carbocycles. The fourth-order valence-corrected chi connectivity index (χ4v) is 4.29. The average molecular weight is 425 g/mol. The summed E-state index contributed by atoms with van der Waals surface area (Å²) in [5.74, 6) is -0.763. The molecule has 2 amide bonds. The Kier molecular flexibility index (Phi) is 4.85. The number of methoxy groups -OCH3 is 1. The molecule has 3 unspecified atom stereocenters. The minimum atomic E-state index is -0.939. The molecular formula is C25H19N3O4. The molecule has 7 heteroatoms. The molecule has 2 heterocycles. The molecule has 3 atom stereocenters. The molecule has 5 rings (SSSR count). The summed E-state index contributed by atoms with van der Waals surface area (Å²) < 4.78 is 5.26. The van der Waals surface area contributed by atoms with E-state index in [1.165, 1.54) is 0 Å². The Morgan fingerprint density at radius 2 is 1.56 bits per heavy atom. The zero-order chi connectivity index (χ0) is 22.2. The minimum absolute atomic E-state index is 0.330. The molecule has 2 fully saturated rings. The lowest BCUT2D eigenvalue weighted by Crippen LogP contribution is -2.37. The van der Waals surface area contributed by atoms with E-state index in [0.717, 1.165) is 16.2 Å². The van der Waals surface area contributed by atoms with Crippen LogP contribution in [-0.4, -0.2) is 25.0 Å². The summed E-state index contributed by atoms with van der Waals surface area (Å²) in [5.41, 5.74) is 2.48. The van der Waals surface area contributed by atoms with Gasteiger partial charge in [0.1, 0.15) is 11.7 Å². The van der Waals surface area contributed by atoms with Gasteiger partial charge in [0.25, 0.3) is 5.91 Å². The molecule has 3 aromatic rings. The lowest BCUT2D eigenvalue weighted by atomic mass is 9.90. The average Bonchev–Trinajstić information content (AvgIpc) is 3.36. The number of benzene rings is 3. The summed E-state index contributed by atoms with van der Waals surface area (Å²) in [6, 6.07) is 24.8. The molecule has 0 radical (unpaired) electrons. The molecule has 0 aliphatic carbocycles. The van der Waals surface area contributed by atoms with Gasteiger partial charge in [0.05, 0.1) is 36.2 Å². The number of ether oxygens (including phenoxy) is 1. The third-order valence-electron chi connectivity index (χ3n) is 5.84. The maximum Gasteiger partial charge on any atom is 0.266 e. The van der Waals surface area contributed by atoms with Crippen LogP contribution in [0.5, 0.6) is 5.75 Å². The number of hydroxylamine groups is 1. The van der Waals surface area contributed by atoms with Crippen molar-refractivity contribution in [1.82, 2.24) is 0 Å². The Morgan fingerprint density at radius 3 is 2.19 bits per heavy atom. The van der Waals surface area contributed by atoms with E-state index in [1.807, 2.05) is 60.7 Å². The first-order chi connectivity index (χ1) is 15.6. The molecule has 2 saturated heterocycles. The maximum atomic E-state index is 13.5. The van der Waals surface area contributed by atoms with E-state index >= 15 is 0 Å². The molecule has 3 aromatic carbocycles. The number of anilines is 2. The van der Waals surface area contributed by atoms with Crippen LogP contribution in [0, 0.1) is 17.2 Å². The van der Waals surface area contributed by atoms with Gasteiger partial charge in [-0.15, -0.1) is 0 Å². The van der Waals surface area contributed by atoms with Crippen molar-refractivity contribution in [2.45, 2.75) is 12.1 Å². The van der Waals surface area contributed by atoms with Crippen LogP contribution in [0.25, 0.3) is 0 Å². The second kappa shape index (κ2) is 7.84. The van der Waals surface area contributed by atoms with E-state index in [2.05, 4.69) is 0 Å². The monoisotopic (exact) mass is 425 g/mol. The van der Waals surface area contributed by atoms with E-state index in [0.29, 0.717) is 17.0 Å². The SMILES string of the molecule is COc1ccc(C2C3C(=O)N(c4ccc(C#N)cc4)C(=O)C3ON2c2ccccc2)cc1. The first kappa shape index (κ1) is 19.8. The Labute approximate surface area is 185 Å². The Bertz CT molecular complexity index is 1200. The fourth-order valence-electron chi connectivity index (χ4n) is 4.29. The van der Waals surface area contributed by atoms with E-state index in [9.17, 15) is 9.59 Å². The third kappa shape index (κ3) is 3.09. The highest BCUT2D eigenvalue weighted by atomic mass is 16.7. The van der Waals surface area contributed by atoms with Gasteiger partial charge in [-0.3, -0.25) is 14.4 Å². The number of carbonyl (C=O) groups excluding carboxylic acids is 2. The van der Waals surface area contributed by atoms with Crippen LogP contribution in [0.15, 0.2) is 78.9 Å². The molecule has 32 heavy (non-hydrogen) atoms. The number of amides is 2. The molecule has 7 nitrogen and oxygen atoms in total. The predicted molar refractivity (Wildman–Crippen MR) is 117 cm³/mol. The zero-order valence-corrected chi connectivity index (χ0v) is 17.2. The molecule has 158 valence electrons. The molecular weight excluding hydrogens is 406 g/mol. The lowest BCUT2D eigenvalue weighted by Gasteiger charge is -2.28. The summed E-state index contributed by atoms with van der Waals surface area (Å²) in [6.45, 7) is 0. The van der Waals surface area contributed by atoms with Crippen molar-refractivity contribution in [3.8, 4) is 11.8 Å². The number of fused-ring (bicyclic) bond motifs is 1. The number of hydrogen-bond acceptors (Lipinski definition) is 6. The van der Waals surface area contributed by atoms with Crippen LogP contribution in [0.3, 0.4) is 0 Å². The van der Waals surface area contributed by atoms with Gasteiger partial charge >= 0.3 is 0 Å². The van der Waals surface area contributed by atoms with Gasteiger partial charge in [0, 0.05) is 0 Å². The fraction of sp³-hybridized carbons (Fsp3) is 0.160.